The van der Waals surface area contributed by atoms with E-state index in [1.54, 1.807) is 24.5 Å². The molecule has 4 rings (SSSR count). The van der Waals surface area contributed by atoms with E-state index in [0.29, 0.717) is 13.2 Å². The topological polar surface area (TPSA) is 63.2 Å². The minimum atomic E-state index is 0.700. The van der Waals surface area contributed by atoms with Crippen LogP contribution >= 0.6 is 11.9 Å². The summed E-state index contributed by atoms with van der Waals surface area (Å²) in [6.45, 7) is 6.96. The van der Waals surface area contributed by atoms with Crippen LogP contribution in [0.2, 0.25) is 0 Å². The Balaban J connectivity index is 1.57. The molecule has 3 aromatic rings. The van der Waals surface area contributed by atoms with Gasteiger partial charge in [0.15, 0.2) is 0 Å². The van der Waals surface area contributed by atoms with E-state index in [9.17, 15) is 0 Å². The molecule has 1 fully saturated rings. The van der Waals surface area contributed by atoms with Gasteiger partial charge in [0, 0.05) is 29.7 Å². The van der Waals surface area contributed by atoms with E-state index in [2.05, 4.69) is 48.5 Å². The second-order valence-electron chi connectivity index (χ2n) is 6.88. The first-order valence-electron chi connectivity index (χ1n) is 9.81. The number of hydrogen-bond donors (Lipinski definition) is 1. The summed E-state index contributed by atoms with van der Waals surface area (Å²) in [4.78, 5) is 16.7. The quantitative estimate of drug-likeness (QED) is 0.511. The van der Waals surface area contributed by atoms with Crippen LogP contribution in [0.3, 0.4) is 0 Å². The number of benzene rings is 1. The Morgan fingerprint density at radius 2 is 1.80 bits per heavy atom. The average Bonchev–Trinajstić information content (AvgIpc) is 2.79. The molecule has 7 heteroatoms. The molecular formula is C23H23N5OS. The number of morpholine rings is 1. The van der Waals surface area contributed by atoms with Gasteiger partial charge in [-0.15, -0.1) is 0 Å². The van der Waals surface area contributed by atoms with Gasteiger partial charge < -0.3 is 14.4 Å². The van der Waals surface area contributed by atoms with Crippen molar-refractivity contribution in [2.45, 2.75) is 18.7 Å². The third kappa shape index (κ3) is 4.90. The van der Waals surface area contributed by atoms with Crippen molar-refractivity contribution >= 4 is 23.5 Å². The van der Waals surface area contributed by atoms with Crippen molar-refractivity contribution in [1.29, 1.82) is 0 Å². The first kappa shape index (κ1) is 20.2. The summed E-state index contributed by atoms with van der Waals surface area (Å²) < 4.78 is 8.84. The fraction of sp³-hybridized carbons (Fsp3) is 0.261. The number of hydrogen-bond acceptors (Lipinski definition) is 7. The Kier molecular flexibility index (Phi) is 6.47. The van der Waals surface area contributed by atoms with Gasteiger partial charge in [-0.25, -0.2) is 9.97 Å². The summed E-state index contributed by atoms with van der Waals surface area (Å²) in [6, 6.07) is 12.2. The predicted octanol–water partition coefficient (Wildman–Crippen LogP) is 3.84. The van der Waals surface area contributed by atoms with Crippen molar-refractivity contribution in [3.05, 3.63) is 71.4 Å². The van der Waals surface area contributed by atoms with Crippen LogP contribution < -0.4 is 9.62 Å². The summed E-state index contributed by atoms with van der Waals surface area (Å²) in [5.74, 6) is 7.40. The highest BCUT2D eigenvalue weighted by Crippen LogP contribution is 2.24. The number of anilines is 2. The van der Waals surface area contributed by atoms with E-state index in [1.807, 2.05) is 38.1 Å². The van der Waals surface area contributed by atoms with E-state index >= 15 is 0 Å². The molecule has 1 aliphatic rings. The zero-order valence-corrected chi connectivity index (χ0v) is 17.9. The van der Waals surface area contributed by atoms with E-state index < -0.39 is 0 Å². The molecule has 2 aromatic heterocycles. The molecule has 1 N–H and O–H groups in total. The lowest BCUT2D eigenvalue weighted by atomic mass is 10.1. The second-order valence-corrected chi connectivity index (χ2v) is 7.76. The maximum absolute atomic E-state index is 5.46. The summed E-state index contributed by atoms with van der Waals surface area (Å²) in [7, 11) is 0. The van der Waals surface area contributed by atoms with Gasteiger partial charge in [0.05, 0.1) is 35.9 Å². The number of pyridine rings is 1. The molecule has 1 saturated heterocycles. The summed E-state index contributed by atoms with van der Waals surface area (Å²) in [5.41, 5.74) is 4.44. The number of nitrogens with one attached hydrogen (secondary N) is 1. The van der Waals surface area contributed by atoms with Gasteiger partial charge >= 0.3 is 0 Å². The predicted molar refractivity (Wildman–Crippen MR) is 121 cm³/mol. The van der Waals surface area contributed by atoms with Crippen LogP contribution in [-0.2, 0) is 4.74 Å². The Hall–Kier alpha value is -3.08. The van der Waals surface area contributed by atoms with Crippen molar-refractivity contribution in [2.75, 3.05) is 35.9 Å². The van der Waals surface area contributed by atoms with Crippen molar-refractivity contribution in [2.24, 2.45) is 0 Å². The fourth-order valence-corrected chi connectivity index (χ4v) is 3.79. The highest BCUT2D eigenvalue weighted by molar-refractivity contribution is 8.00. The molecule has 0 unspecified atom stereocenters. The Morgan fingerprint density at radius 1 is 1.00 bits per heavy atom. The number of rotatable bonds is 4. The number of aryl methyl sites for hydroxylation is 2. The minimum absolute atomic E-state index is 0.700. The van der Waals surface area contributed by atoms with Gasteiger partial charge in [-0.3, -0.25) is 4.98 Å². The zero-order valence-electron chi connectivity index (χ0n) is 17.1. The smallest absolute Gasteiger partial charge is 0.148 e. The average molecular weight is 418 g/mol. The SMILES string of the molecule is Cc1ncc(C#Cc2c(C)ncnc2N2CCOCC2)cc1NSc1ccccc1. The van der Waals surface area contributed by atoms with Gasteiger partial charge in [-0.05, 0) is 44.0 Å². The summed E-state index contributed by atoms with van der Waals surface area (Å²) in [5, 5.41) is 0. The highest BCUT2D eigenvalue weighted by atomic mass is 32.2. The van der Waals surface area contributed by atoms with Crippen molar-refractivity contribution < 1.29 is 4.74 Å². The Morgan fingerprint density at radius 3 is 2.60 bits per heavy atom. The van der Waals surface area contributed by atoms with Crippen LogP contribution in [0, 0.1) is 25.7 Å². The van der Waals surface area contributed by atoms with Crippen LogP contribution in [0.25, 0.3) is 0 Å². The Labute approximate surface area is 181 Å². The molecule has 6 nitrogen and oxygen atoms in total. The zero-order chi connectivity index (χ0) is 20.8. The molecule has 0 spiro atoms. The molecule has 3 heterocycles. The number of ether oxygens (including phenoxy) is 1. The molecule has 30 heavy (non-hydrogen) atoms. The van der Waals surface area contributed by atoms with Gasteiger partial charge in [0.1, 0.15) is 12.1 Å². The lowest BCUT2D eigenvalue weighted by molar-refractivity contribution is 0.122. The standard InChI is InChI=1S/C23H23N5OS/c1-17-21(23(26-16-25-17)28-10-12-29-13-11-28)9-8-19-14-22(18(2)24-15-19)27-30-20-6-4-3-5-7-20/h3-7,14-16,27H,10-13H2,1-2H3. The summed E-state index contributed by atoms with van der Waals surface area (Å²) in [6.07, 6.45) is 3.40. The third-order valence-corrected chi connectivity index (χ3v) is 5.60. The molecular weight excluding hydrogens is 394 g/mol. The number of aromatic nitrogens is 3. The van der Waals surface area contributed by atoms with Crippen molar-refractivity contribution in [3.8, 4) is 11.8 Å². The fourth-order valence-electron chi connectivity index (χ4n) is 3.06. The molecule has 0 bridgehead atoms. The van der Waals surface area contributed by atoms with Crippen LogP contribution in [0.1, 0.15) is 22.5 Å². The van der Waals surface area contributed by atoms with Gasteiger partial charge in [0.2, 0.25) is 0 Å². The lowest BCUT2D eigenvalue weighted by Crippen LogP contribution is -2.37. The summed E-state index contributed by atoms with van der Waals surface area (Å²) >= 11 is 1.56. The van der Waals surface area contributed by atoms with Gasteiger partial charge in [-0.2, -0.15) is 0 Å². The third-order valence-electron chi connectivity index (χ3n) is 4.77. The normalized spacial score (nSPS) is 13.5. The largest absolute Gasteiger partial charge is 0.378 e. The molecule has 152 valence electrons. The van der Waals surface area contributed by atoms with Gasteiger partial charge in [0.25, 0.3) is 0 Å². The molecule has 0 radical (unpaired) electrons. The number of nitrogens with zero attached hydrogens (tertiary/aromatic N) is 4. The van der Waals surface area contributed by atoms with Crippen molar-refractivity contribution in [3.63, 3.8) is 0 Å². The van der Waals surface area contributed by atoms with Crippen LogP contribution in [0.15, 0.2) is 53.8 Å². The monoisotopic (exact) mass is 417 g/mol. The Bertz CT molecular complexity index is 1070. The maximum atomic E-state index is 5.46. The van der Waals surface area contributed by atoms with Crippen LogP contribution in [0.4, 0.5) is 11.5 Å². The minimum Gasteiger partial charge on any atom is -0.378 e. The molecule has 0 saturated carbocycles. The first-order chi connectivity index (χ1) is 14.7. The first-order valence-corrected chi connectivity index (χ1v) is 10.6. The van der Waals surface area contributed by atoms with Crippen LogP contribution in [0.5, 0.6) is 0 Å². The van der Waals surface area contributed by atoms with E-state index in [0.717, 1.165) is 52.0 Å². The van der Waals surface area contributed by atoms with Gasteiger partial charge in [-0.1, -0.05) is 30.0 Å². The van der Waals surface area contributed by atoms with E-state index in [-0.39, 0.29) is 0 Å². The second kappa shape index (κ2) is 9.61. The molecule has 0 atom stereocenters. The lowest BCUT2D eigenvalue weighted by Gasteiger charge is -2.28. The van der Waals surface area contributed by atoms with E-state index in [4.69, 9.17) is 4.74 Å². The maximum Gasteiger partial charge on any atom is 0.148 e. The van der Waals surface area contributed by atoms with Crippen molar-refractivity contribution in [1.82, 2.24) is 15.0 Å². The molecule has 1 aromatic carbocycles. The highest BCUT2D eigenvalue weighted by Gasteiger charge is 2.17. The van der Waals surface area contributed by atoms with E-state index in [1.165, 1.54) is 0 Å². The molecule has 1 aliphatic heterocycles. The molecule has 0 aliphatic carbocycles. The van der Waals surface area contributed by atoms with Crippen LogP contribution in [-0.4, -0.2) is 41.3 Å². The molecule has 0 amide bonds.